The van der Waals surface area contributed by atoms with Crippen LogP contribution in [-0.2, 0) is 6.54 Å². The van der Waals surface area contributed by atoms with Gasteiger partial charge in [0.15, 0.2) is 0 Å². The molecule has 0 aliphatic rings. The molecule has 0 amide bonds. The first-order valence-corrected chi connectivity index (χ1v) is 5.98. The van der Waals surface area contributed by atoms with E-state index in [9.17, 15) is 0 Å². The lowest BCUT2D eigenvalue weighted by molar-refractivity contribution is 0.818. The lowest BCUT2D eigenvalue weighted by Gasteiger charge is -1.98. The minimum absolute atomic E-state index is 0.894. The average Bonchev–Trinajstić information content (AvgIpc) is 2.34. The van der Waals surface area contributed by atoms with Gasteiger partial charge in [0.1, 0.15) is 0 Å². The molecule has 1 aromatic rings. The van der Waals surface area contributed by atoms with Crippen molar-refractivity contribution < 1.29 is 0 Å². The molecule has 0 bridgehead atoms. The summed E-state index contributed by atoms with van der Waals surface area (Å²) in [5.74, 6) is 2.58. The van der Waals surface area contributed by atoms with E-state index in [2.05, 4.69) is 25.1 Å². The summed E-state index contributed by atoms with van der Waals surface area (Å²) in [5, 5.41) is 3.07. The number of rotatable bonds is 2. The SMILES string of the molecule is C#Cc1ccc(CNC)cc1.CC.CCC. The average molecular weight is 219 g/mol. The molecular formula is C15H25N. The predicted octanol–water partition coefficient (Wildman–Crippen LogP) is 3.83. The van der Waals surface area contributed by atoms with Gasteiger partial charge in [-0.05, 0) is 24.7 Å². The second-order valence-electron chi connectivity index (χ2n) is 3.08. The molecule has 1 N–H and O–H groups in total. The minimum atomic E-state index is 0.894. The standard InChI is InChI=1S/C10H11N.C3H8.C2H6/c1-3-9-4-6-10(7-5-9)8-11-2;1-3-2;1-2/h1,4-7,11H,8H2,2H3;3H2,1-2H3;1-2H3. The van der Waals surface area contributed by atoms with Crippen LogP contribution in [0.2, 0.25) is 0 Å². The second-order valence-corrected chi connectivity index (χ2v) is 3.08. The van der Waals surface area contributed by atoms with Crippen molar-refractivity contribution in [1.29, 1.82) is 0 Å². The van der Waals surface area contributed by atoms with Crippen molar-refractivity contribution in [3.8, 4) is 12.3 Å². The van der Waals surface area contributed by atoms with Crippen molar-refractivity contribution in [2.45, 2.75) is 40.7 Å². The largest absolute Gasteiger partial charge is 0.316 e. The first kappa shape index (κ1) is 17.1. The molecule has 16 heavy (non-hydrogen) atoms. The Kier molecular flexibility index (Phi) is 14.7. The predicted molar refractivity (Wildman–Crippen MR) is 74.5 cm³/mol. The van der Waals surface area contributed by atoms with Crippen LogP contribution in [0.1, 0.15) is 45.2 Å². The maximum Gasteiger partial charge on any atom is 0.0242 e. The van der Waals surface area contributed by atoms with E-state index in [0.29, 0.717) is 0 Å². The van der Waals surface area contributed by atoms with E-state index in [4.69, 9.17) is 6.42 Å². The van der Waals surface area contributed by atoms with Crippen LogP contribution < -0.4 is 5.32 Å². The fourth-order valence-electron chi connectivity index (χ4n) is 0.923. The van der Waals surface area contributed by atoms with Gasteiger partial charge in [0.2, 0.25) is 0 Å². The first-order chi connectivity index (χ1) is 7.78. The minimum Gasteiger partial charge on any atom is -0.316 e. The summed E-state index contributed by atoms with van der Waals surface area (Å²) in [5.41, 5.74) is 2.19. The third-order valence-corrected chi connectivity index (χ3v) is 1.50. The molecule has 0 saturated heterocycles. The van der Waals surface area contributed by atoms with Crippen LogP contribution in [0.25, 0.3) is 0 Å². The number of nitrogens with one attached hydrogen (secondary N) is 1. The van der Waals surface area contributed by atoms with Gasteiger partial charge in [0.05, 0.1) is 0 Å². The van der Waals surface area contributed by atoms with E-state index in [-0.39, 0.29) is 0 Å². The highest BCUT2D eigenvalue weighted by molar-refractivity contribution is 5.34. The highest BCUT2D eigenvalue weighted by Crippen LogP contribution is 2.01. The van der Waals surface area contributed by atoms with E-state index < -0.39 is 0 Å². The molecule has 0 aliphatic carbocycles. The molecule has 0 fully saturated rings. The lowest BCUT2D eigenvalue weighted by atomic mass is 10.1. The molecular weight excluding hydrogens is 194 g/mol. The maximum absolute atomic E-state index is 5.21. The molecule has 0 aromatic heterocycles. The van der Waals surface area contributed by atoms with Gasteiger partial charge in [-0.1, -0.05) is 52.2 Å². The van der Waals surface area contributed by atoms with E-state index in [1.807, 2.05) is 45.2 Å². The molecule has 0 saturated carbocycles. The van der Waals surface area contributed by atoms with Crippen molar-refractivity contribution in [3.63, 3.8) is 0 Å². The molecule has 0 spiro atoms. The highest BCUT2D eigenvalue weighted by Gasteiger charge is 1.89. The van der Waals surface area contributed by atoms with Gasteiger partial charge in [-0.25, -0.2) is 0 Å². The number of terminal acetylenes is 1. The number of hydrogen-bond acceptors (Lipinski definition) is 1. The van der Waals surface area contributed by atoms with Gasteiger partial charge in [-0.15, -0.1) is 6.42 Å². The quantitative estimate of drug-likeness (QED) is 0.745. The Balaban J connectivity index is 0. The zero-order valence-corrected chi connectivity index (χ0v) is 11.3. The Morgan fingerprint density at radius 2 is 1.56 bits per heavy atom. The van der Waals surface area contributed by atoms with Crippen LogP contribution in [0.15, 0.2) is 24.3 Å². The van der Waals surface area contributed by atoms with Gasteiger partial charge >= 0.3 is 0 Å². The van der Waals surface area contributed by atoms with Gasteiger partial charge in [0, 0.05) is 12.1 Å². The van der Waals surface area contributed by atoms with Crippen molar-refractivity contribution in [1.82, 2.24) is 5.32 Å². The van der Waals surface area contributed by atoms with Crippen LogP contribution in [0, 0.1) is 12.3 Å². The Bertz CT molecular complexity index is 266. The van der Waals surface area contributed by atoms with Crippen molar-refractivity contribution in [2.24, 2.45) is 0 Å². The summed E-state index contributed by atoms with van der Waals surface area (Å²) in [7, 11) is 1.93. The molecule has 0 atom stereocenters. The van der Waals surface area contributed by atoms with Crippen molar-refractivity contribution >= 4 is 0 Å². The first-order valence-electron chi connectivity index (χ1n) is 5.98. The Morgan fingerprint density at radius 1 is 1.12 bits per heavy atom. The summed E-state index contributed by atoms with van der Waals surface area (Å²) >= 11 is 0. The second kappa shape index (κ2) is 13.7. The van der Waals surface area contributed by atoms with Crippen LogP contribution in [0.4, 0.5) is 0 Å². The highest BCUT2D eigenvalue weighted by atomic mass is 14.8. The molecule has 1 rings (SSSR count). The number of hydrogen-bond donors (Lipinski definition) is 1. The van der Waals surface area contributed by atoms with Gasteiger partial charge in [-0.3, -0.25) is 0 Å². The summed E-state index contributed by atoms with van der Waals surface area (Å²) in [6.07, 6.45) is 6.46. The van der Waals surface area contributed by atoms with E-state index in [1.165, 1.54) is 12.0 Å². The summed E-state index contributed by atoms with van der Waals surface area (Å²) in [6, 6.07) is 7.97. The van der Waals surface area contributed by atoms with Crippen LogP contribution >= 0.6 is 0 Å². The van der Waals surface area contributed by atoms with Crippen LogP contribution in [0.5, 0.6) is 0 Å². The van der Waals surface area contributed by atoms with Crippen molar-refractivity contribution in [3.05, 3.63) is 35.4 Å². The molecule has 1 nitrogen and oxygen atoms in total. The molecule has 1 heteroatoms. The molecule has 1 aromatic carbocycles. The van der Waals surface area contributed by atoms with Gasteiger partial charge in [-0.2, -0.15) is 0 Å². The summed E-state index contributed by atoms with van der Waals surface area (Å²) < 4.78 is 0. The van der Waals surface area contributed by atoms with Gasteiger partial charge < -0.3 is 5.32 Å². The zero-order valence-electron chi connectivity index (χ0n) is 11.3. The fraction of sp³-hybridized carbons (Fsp3) is 0.467. The van der Waals surface area contributed by atoms with Crippen molar-refractivity contribution in [2.75, 3.05) is 7.05 Å². The van der Waals surface area contributed by atoms with Crippen LogP contribution in [-0.4, -0.2) is 7.05 Å². The molecule has 0 unspecified atom stereocenters. The van der Waals surface area contributed by atoms with Crippen LogP contribution in [0.3, 0.4) is 0 Å². The number of benzene rings is 1. The molecule has 90 valence electrons. The smallest absolute Gasteiger partial charge is 0.0242 e. The summed E-state index contributed by atoms with van der Waals surface area (Å²) in [4.78, 5) is 0. The molecule has 0 heterocycles. The van der Waals surface area contributed by atoms with E-state index >= 15 is 0 Å². The zero-order chi connectivity index (χ0) is 12.8. The monoisotopic (exact) mass is 219 g/mol. The van der Waals surface area contributed by atoms with Gasteiger partial charge in [0.25, 0.3) is 0 Å². The Labute approximate surface area is 101 Å². The third-order valence-electron chi connectivity index (χ3n) is 1.50. The fourth-order valence-corrected chi connectivity index (χ4v) is 0.923. The van der Waals surface area contributed by atoms with E-state index in [1.54, 1.807) is 0 Å². The molecule has 0 aliphatic heterocycles. The summed E-state index contributed by atoms with van der Waals surface area (Å²) in [6.45, 7) is 9.14. The van der Waals surface area contributed by atoms with E-state index in [0.717, 1.165) is 12.1 Å². The Morgan fingerprint density at radius 3 is 1.88 bits per heavy atom. The lowest BCUT2D eigenvalue weighted by Crippen LogP contribution is -2.04. The Hall–Kier alpha value is -1.26. The normalized spacial score (nSPS) is 7.75. The maximum atomic E-state index is 5.21. The topological polar surface area (TPSA) is 12.0 Å². The third kappa shape index (κ3) is 9.30. The molecule has 0 radical (unpaired) electrons.